The van der Waals surface area contributed by atoms with Gasteiger partial charge in [-0.15, -0.1) is 0 Å². The zero-order valence-corrected chi connectivity index (χ0v) is 12.1. The van der Waals surface area contributed by atoms with E-state index in [4.69, 9.17) is 4.74 Å². The molecule has 1 aliphatic rings. The molecule has 0 saturated carbocycles. The van der Waals surface area contributed by atoms with Crippen LogP contribution in [0.5, 0.6) is 0 Å². The van der Waals surface area contributed by atoms with Crippen LogP contribution < -0.4 is 5.32 Å². The first-order valence-electron chi connectivity index (χ1n) is 6.57. The first-order valence-corrected chi connectivity index (χ1v) is 6.57. The highest BCUT2D eigenvalue weighted by atomic mass is 16.6. The van der Waals surface area contributed by atoms with E-state index in [2.05, 4.69) is 10.2 Å². The predicted molar refractivity (Wildman–Crippen MR) is 71.0 cm³/mol. The fourth-order valence-electron chi connectivity index (χ4n) is 2.27. The molecule has 0 bridgehead atoms. The van der Waals surface area contributed by atoms with Gasteiger partial charge in [0.05, 0.1) is 5.92 Å². The van der Waals surface area contributed by atoms with Crippen molar-refractivity contribution in [2.45, 2.75) is 32.8 Å². The van der Waals surface area contributed by atoms with Gasteiger partial charge in [0.1, 0.15) is 5.60 Å². The summed E-state index contributed by atoms with van der Waals surface area (Å²) < 4.78 is 5.14. The van der Waals surface area contributed by atoms with Gasteiger partial charge < -0.3 is 20.1 Å². The van der Waals surface area contributed by atoms with E-state index in [0.29, 0.717) is 19.5 Å². The fraction of sp³-hybridized carbons (Fsp3) is 0.846. The molecule has 0 radical (unpaired) electrons. The lowest BCUT2D eigenvalue weighted by Crippen LogP contribution is -2.47. The van der Waals surface area contributed by atoms with E-state index in [0.717, 1.165) is 6.54 Å². The number of hydrogen-bond donors (Lipinski definition) is 2. The third-order valence-corrected chi connectivity index (χ3v) is 3.16. The van der Waals surface area contributed by atoms with Crippen molar-refractivity contribution in [1.29, 1.82) is 0 Å². The van der Waals surface area contributed by atoms with Gasteiger partial charge >= 0.3 is 12.1 Å². The number of carbonyl (C=O) groups is 2. The number of carboxylic acid groups (broad SMARTS) is 1. The van der Waals surface area contributed by atoms with E-state index < -0.39 is 23.6 Å². The molecule has 1 rings (SSSR count). The normalized spacial score (nSPS) is 24.8. The number of likely N-dealkylation sites (tertiary alicyclic amines) is 1. The highest BCUT2D eigenvalue weighted by Gasteiger charge is 2.33. The lowest BCUT2D eigenvalue weighted by molar-refractivity contribution is -0.145. The predicted octanol–water partition coefficient (Wildman–Crippen LogP) is 1.16. The standard InChI is InChI=1S/C13H24N2O4/c1-13(2,3)19-12(18)14-7-9-8-15(4)6-5-10(9)11(16)17/h9-10H,5-8H2,1-4H3,(H,14,18)(H,16,17)/t9-,10+/m1/s1. The van der Waals surface area contributed by atoms with E-state index in [1.807, 2.05) is 7.05 Å². The van der Waals surface area contributed by atoms with E-state index in [1.54, 1.807) is 20.8 Å². The number of amides is 1. The van der Waals surface area contributed by atoms with Crippen molar-refractivity contribution in [1.82, 2.24) is 10.2 Å². The zero-order valence-electron chi connectivity index (χ0n) is 12.1. The number of alkyl carbamates (subject to hydrolysis) is 1. The molecule has 0 aromatic heterocycles. The van der Waals surface area contributed by atoms with Crippen molar-refractivity contribution >= 4 is 12.1 Å². The lowest BCUT2D eigenvalue weighted by atomic mass is 9.85. The highest BCUT2D eigenvalue weighted by molar-refractivity contribution is 5.71. The Morgan fingerprint density at radius 3 is 2.58 bits per heavy atom. The summed E-state index contributed by atoms with van der Waals surface area (Å²) in [5, 5.41) is 11.8. The minimum atomic E-state index is -0.788. The summed E-state index contributed by atoms with van der Waals surface area (Å²) in [6.07, 6.45) is 0.122. The van der Waals surface area contributed by atoms with E-state index in [9.17, 15) is 14.7 Å². The molecule has 1 saturated heterocycles. The summed E-state index contributed by atoms with van der Waals surface area (Å²) in [6.45, 7) is 7.16. The molecule has 2 N–H and O–H groups in total. The van der Waals surface area contributed by atoms with Crippen molar-refractivity contribution < 1.29 is 19.4 Å². The molecule has 19 heavy (non-hydrogen) atoms. The molecule has 1 aliphatic heterocycles. The molecule has 0 aromatic carbocycles. The van der Waals surface area contributed by atoms with Gasteiger partial charge in [0.15, 0.2) is 0 Å². The van der Waals surface area contributed by atoms with Gasteiger partial charge in [-0.2, -0.15) is 0 Å². The van der Waals surface area contributed by atoms with Crippen LogP contribution in [0.4, 0.5) is 4.79 Å². The summed E-state index contributed by atoms with van der Waals surface area (Å²) in [7, 11) is 1.96. The smallest absolute Gasteiger partial charge is 0.407 e. The summed E-state index contributed by atoms with van der Waals surface area (Å²) in [6, 6.07) is 0. The molecule has 0 aliphatic carbocycles. The molecule has 0 unspecified atom stereocenters. The minimum Gasteiger partial charge on any atom is -0.481 e. The monoisotopic (exact) mass is 272 g/mol. The summed E-state index contributed by atoms with van der Waals surface area (Å²) in [4.78, 5) is 24.8. The fourth-order valence-corrected chi connectivity index (χ4v) is 2.27. The van der Waals surface area contributed by atoms with Gasteiger partial charge in [-0.1, -0.05) is 0 Å². The average molecular weight is 272 g/mol. The van der Waals surface area contributed by atoms with Crippen LogP contribution in [0, 0.1) is 11.8 Å². The lowest BCUT2D eigenvalue weighted by Gasteiger charge is -2.34. The van der Waals surface area contributed by atoms with Crippen LogP contribution in [-0.2, 0) is 9.53 Å². The molecular formula is C13H24N2O4. The molecule has 6 heteroatoms. The van der Waals surface area contributed by atoms with Gasteiger partial charge in [0.2, 0.25) is 0 Å². The Kier molecular flexibility index (Phi) is 5.17. The number of nitrogens with zero attached hydrogens (tertiary/aromatic N) is 1. The molecule has 0 spiro atoms. The third-order valence-electron chi connectivity index (χ3n) is 3.16. The van der Waals surface area contributed by atoms with Crippen LogP contribution in [0.1, 0.15) is 27.2 Å². The van der Waals surface area contributed by atoms with Crippen molar-refractivity contribution in [2.75, 3.05) is 26.7 Å². The summed E-state index contributed by atoms with van der Waals surface area (Å²) in [5.41, 5.74) is -0.542. The number of aliphatic carboxylic acids is 1. The Labute approximate surface area is 114 Å². The van der Waals surface area contributed by atoms with Gasteiger partial charge in [0.25, 0.3) is 0 Å². The number of carbonyl (C=O) groups excluding carboxylic acids is 1. The van der Waals surface area contributed by atoms with Gasteiger partial charge in [0, 0.05) is 19.0 Å². The zero-order chi connectivity index (χ0) is 14.6. The Hall–Kier alpha value is -1.30. The maximum absolute atomic E-state index is 11.6. The largest absolute Gasteiger partial charge is 0.481 e. The number of piperidine rings is 1. The molecule has 6 nitrogen and oxygen atoms in total. The van der Waals surface area contributed by atoms with Crippen molar-refractivity contribution in [2.24, 2.45) is 11.8 Å². The van der Waals surface area contributed by atoms with Crippen molar-refractivity contribution in [3.63, 3.8) is 0 Å². The Balaban J connectivity index is 2.48. The minimum absolute atomic E-state index is 0.0798. The number of hydrogen-bond acceptors (Lipinski definition) is 4. The van der Waals surface area contributed by atoms with Crippen molar-refractivity contribution in [3.05, 3.63) is 0 Å². The topological polar surface area (TPSA) is 78.9 Å². The maximum atomic E-state index is 11.6. The maximum Gasteiger partial charge on any atom is 0.407 e. The van der Waals surface area contributed by atoms with Crippen molar-refractivity contribution in [3.8, 4) is 0 Å². The first kappa shape index (κ1) is 15.8. The molecule has 2 atom stereocenters. The number of ether oxygens (including phenoxy) is 1. The highest BCUT2D eigenvalue weighted by Crippen LogP contribution is 2.22. The van der Waals surface area contributed by atoms with E-state index in [1.165, 1.54) is 0 Å². The van der Waals surface area contributed by atoms with Gasteiger partial charge in [-0.05, 0) is 40.8 Å². The van der Waals surface area contributed by atoms with Gasteiger partial charge in [-0.25, -0.2) is 4.79 Å². The molecular weight excluding hydrogens is 248 g/mol. The summed E-state index contributed by atoms with van der Waals surface area (Å²) >= 11 is 0. The Bertz CT molecular complexity index is 338. The molecule has 1 heterocycles. The molecule has 1 amide bonds. The third kappa shape index (κ3) is 5.46. The quantitative estimate of drug-likeness (QED) is 0.806. The molecule has 0 aromatic rings. The second-order valence-corrected chi connectivity index (χ2v) is 6.14. The molecule has 110 valence electrons. The van der Waals surface area contributed by atoms with Crippen LogP contribution >= 0.6 is 0 Å². The van der Waals surface area contributed by atoms with E-state index in [-0.39, 0.29) is 5.92 Å². The molecule has 1 fully saturated rings. The Morgan fingerprint density at radius 2 is 2.05 bits per heavy atom. The second-order valence-electron chi connectivity index (χ2n) is 6.14. The van der Waals surface area contributed by atoms with Crippen LogP contribution in [0.25, 0.3) is 0 Å². The summed E-state index contributed by atoms with van der Waals surface area (Å²) in [5.74, 6) is -1.26. The number of nitrogens with one attached hydrogen (secondary N) is 1. The first-order chi connectivity index (χ1) is 8.69. The van der Waals surface area contributed by atoms with Crippen LogP contribution in [0.2, 0.25) is 0 Å². The Morgan fingerprint density at radius 1 is 1.42 bits per heavy atom. The van der Waals surface area contributed by atoms with Crippen LogP contribution in [0.15, 0.2) is 0 Å². The average Bonchev–Trinajstić information content (AvgIpc) is 2.23. The van der Waals surface area contributed by atoms with Crippen LogP contribution in [-0.4, -0.2) is 54.4 Å². The van der Waals surface area contributed by atoms with E-state index >= 15 is 0 Å². The second kappa shape index (κ2) is 6.23. The number of carboxylic acids is 1. The number of rotatable bonds is 3. The van der Waals surface area contributed by atoms with Gasteiger partial charge in [-0.3, -0.25) is 4.79 Å². The van der Waals surface area contributed by atoms with Crippen LogP contribution in [0.3, 0.4) is 0 Å². The SMILES string of the molecule is CN1CC[C@H](C(=O)O)[C@H](CNC(=O)OC(C)(C)C)C1.